The van der Waals surface area contributed by atoms with Crippen LogP contribution in [0.2, 0.25) is 5.02 Å². The van der Waals surface area contributed by atoms with Gasteiger partial charge in [-0.1, -0.05) is 11.6 Å². The lowest BCUT2D eigenvalue weighted by molar-refractivity contribution is 0.529. The molecule has 2 rings (SSSR count). The van der Waals surface area contributed by atoms with Gasteiger partial charge in [0, 0.05) is 18.8 Å². The van der Waals surface area contributed by atoms with Crippen LogP contribution >= 0.6 is 11.6 Å². The topological polar surface area (TPSA) is 34.0 Å². The summed E-state index contributed by atoms with van der Waals surface area (Å²) >= 11 is 5.82. The lowest BCUT2D eigenvalue weighted by Crippen LogP contribution is -2.24. The molecule has 1 unspecified atom stereocenters. The van der Waals surface area contributed by atoms with Gasteiger partial charge in [-0.3, -0.25) is 4.79 Å². The number of nitrogens with one attached hydrogen (secondary N) is 1. The van der Waals surface area contributed by atoms with E-state index in [9.17, 15) is 4.79 Å². The molecule has 0 aromatic carbocycles. The Hall–Kier alpha value is -0.800. The third kappa shape index (κ3) is 1.76. The van der Waals surface area contributed by atoms with Gasteiger partial charge in [-0.2, -0.15) is 0 Å². The van der Waals surface area contributed by atoms with Crippen LogP contribution < -0.4 is 10.9 Å². The number of rotatable bonds is 1. The van der Waals surface area contributed by atoms with Crippen LogP contribution in [0.3, 0.4) is 0 Å². The molecule has 1 atom stereocenters. The average Bonchev–Trinajstić information content (AvgIpc) is 2.61. The van der Waals surface area contributed by atoms with E-state index in [1.165, 1.54) is 6.07 Å². The van der Waals surface area contributed by atoms with Crippen molar-refractivity contribution in [3.05, 3.63) is 33.7 Å². The van der Waals surface area contributed by atoms with Gasteiger partial charge in [0.1, 0.15) is 0 Å². The van der Waals surface area contributed by atoms with Crippen molar-refractivity contribution in [2.45, 2.75) is 12.5 Å². The highest BCUT2D eigenvalue weighted by Gasteiger charge is 2.16. The maximum absolute atomic E-state index is 11.4. The Kier molecular flexibility index (Phi) is 2.38. The largest absolute Gasteiger partial charge is 0.315 e. The van der Waals surface area contributed by atoms with E-state index < -0.39 is 0 Å². The second-order valence-corrected chi connectivity index (χ2v) is 3.68. The molecule has 2 heterocycles. The first-order valence-electron chi connectivity index (χ1n) is 4.36. The highest BCUT2D eigenvalue weighted by molar-refractivity contribution is 6.30. The van der Waals surface area contributed by atoms with Crippen molar-refractivity contribution in [2.24, 2.45) is 0 Å². The Morgan fingerprint density at radius 2 is 2.38 bits per heavy atom. The average molecular weight is 199 g/mol. The van der Waals surface area contributed by atoms with Crippen molar-refractivity contribution >= 4 is 11.6 Å². The molecule has 1 aliphatic heterocycles. The number of pyridine rings is 1. The fraction of sp³-hybridized carbons (Fsp3) is 0.444. The number of hydrogen-bond donors (Lipinski definition) is 1. The van der Waals surface area contributed by atoms with Crippen molar-refractivity contribution in [3.8, 4) is 0 Å². The Morgan fingerprint density at radius 1 is 1.54 bits per heavy atom. The van der Waals surface area contributed by atoms with Crippen LogP contribution in [0.4, 0.5) is 0 Å². The minimum atomic E-state index is 0.0260. The van der Waals surface area contributed by atoms with E-state index in [0.29, 0.717) is 5.02 Å². The van der Waals surface area contributed by atoms with Crippen LogP contribution in [-0.4, -0.2) is 17.7 Å². The summed E-state index contributed by atoms with van der Waals surface area (Å²) in [5.41, 5.74) is 0.0260. The van der Waals surface area contributed by atoms with E-state index in [0.717, 1.165) is 19.5 Å². The van der Waals surface area contributed by atoms with E-state index in [1.54, 1.807) is 16.8 Å². The zero-order valence-electron chi connectivity index (χ0n) is 7.16. The van der Waals surface area contributed by atoms with E-state index in [4.69, 9.17) is 11.6 Å². The van der Waals surface area contributed by atoms with Gasteiger partial charge >= 0.3 is 0 Å². The standard InChI is InChI=1S/C9H11ClN2O/c10-7-1-2-9(13)12(6-7)8-3-4-11-5-8/h1-2,6,8,11H,3-5H2. The first-order valence-corrected chi connectivity index (χ1v) is 4.73. The first kappa shape index (κ1) is 8.78. The van der Waals surface area contributed by atoms with Gasteiger partial charge in [0.15, 0.2) is 0 Å². The lowest BCUT2D eigenvalue weighted by Gasteiger charge is -2.12. The van der Waals surface area contributed by atoms with Crippen LogP contribution in [0.1, 0.15) is 12.5 Å². The molecule has 0 amide bonds. The highest BCUT2D eigenvalue weighted by Crippen LogP contribution is 2.14. The molecule has 0 aliphatic carbocycles. The van der Waals surface area contributed by atoms with Crippen LogP contribution in [0.15, 0.2) is 23.1 Å². The van der Waals surface area contributed by atoms with Gasteiger partial charge in [-0.05, 0) is 19.0 Å². The van der Waals surface area contributed by atoms with Gasteiger partial charge < -0.3 is 9.88 Å². The Labute approximate surface area is 81.3 Å². The van der Waals surface area contributed by atoms with Gasteiger partial charge in [0.05, 0.1) is 11.1 Å². The Morgan fingerprint density at radius 3 is 3.08 bits per heavy atom. The van der Waals surface area contributed by atoms with Crippen LogP contribution in [0.5, 0.6) is 0 Å². The molecule has 3 nitrogen and oxygen atoms in total. The Balaban J connectivity index is 2.37. The molecule has 4 heteroatoms. The zero-order chi connectivity index (χ0) is 9.26. The van der Waals surface area contributed by atoms with Crippen LogP contribution in [0, 0.1) is 0 Å². The van der Waals surface area contributed by atoms with Crippen molar-refractivity contribution in [3.63, 3.8) is 0 Å². The second-order valence-electron chi connectivity index (χ2n) is 3.24. The Bertz CT molecular complexity index is 355. The fourth-order valence-corrected chi connectivity index (χ4v) is 1.81. The minimum absolute atomic E-state index is 0.0260. The minimum Gasteiger partial charge on any atom is -0.315 e. The molecular formula is C9H11ClN2O. The van der Waals surface area contributed by atoms with Crippen LogP contribution in [-0.2, 0) is 0 Å². The van der Waals surface area contributed by atoms with Crippen molar-refractivity contribution in [1.82, 2.24) is 9.88 Å². The molecule has 0 spiro atoms. The summed E-state index contributed by atoms with van der Waals surface area (Å²) in [5.74, 6) is 0. The normalized spacial score (nSPS) is 22.1. The number of nitrogens with zero attached hydrogens (tertiary/aromatic N) is 1. The van der Waals surface area contributed by atoms with Crippen molar-refractivity contribution < 1.29 is 0 Å². The van der Waals surface area contributed by atoms with Crippen molar-refractivity contribution in [1.29, 1.82) is 0 Å². The monoisotopic (exact) mass is 198 g/mol. The molecular weight excluding hydrogens is 188 g/mol. The van der Waals surface area contributed by atoms with Gasteiger partial charge in [-0.25, -0.2) is 0 Å². The maximum Gasteiger partial charge on any atom is 0.250 e. The predicted octanol–water partition coefficient (Wildman–Crippen LogP) is 1.04. The fourth-order valence-electron chi connectivity index (χ4n) is 1.64. The molecule has 1 aromatic heterocycles. The molecule has 1 saturated heterocycles. The molecule has 0 bridgehead atoms. The predicted molar refractivity (Wildman–Crippen MR) is 52.2 cm³/mol. The van der Waals surface area contributed by atoms with E-state index >= 15 is 0 Å². The number of hydrogen-bond acceptors (Lipinski definition) is 2. The lowest BCUT2D eigenvalue weighted by atomic mass is 10.2. The molecule has 0 radical (unpaired) electrons. The molecule has 1 fully saturated rings. The molecule has 13 heavy (non-hydrogen) atoms. The molecule has 1 aliphatic rings. The summed E-state index contributed by atoms with van der Waals surface area (Å²) in [5, 5.41) is 3.83. The quantitative estimate of drug-likeness (QED) is 0.732. The summed E-state index contributed by atoms with van der Waals surface area (Å²) in [6.45, 7) is 1.84. The molecule has 1 N–H and O–H groups in total. The third-order valence-corrected chi connectivity index (χ3v) is 2.55. The molecule has 0 saturated carbocycles. The zero-order valence-corrected chi connectivity index (χ0v) is 7.92. The van der Waals surface area contributed by atoms with Gasteiger partial charge in [-0.15, -0.1) is 0 Å². The van der Waals surface area contributed by atoms with Gasteiger partial charge in [0.25, 0.3) is 5.56 Å². The van der Waals surface area contributed by atoms with E-state index in [1.807, 2.05) is 0 Å². The summed E-state index contributed by atoms with van der Waals surface area (Å²) in [7, 11) is 0. The van der Waals surface area contributed by atoms with E-state index in [-0.39, 0.29) is 11.6 Å². The summed E-state index contributed by atoms with van der Waals surface area (Å²) in [6, 6.07) is 3.41. The second kappa shape index (κ2) is 3.52. The van der Waals surface area contributed by atoms with Crippen LogP contribution in [0.25, 0.3) is 0 Å². The SMILES string of the molecule is O=c1ccc(Cl)cn1C1CCNC1. The van der Waals surface area contributed by atoms with Crippen molar-refractivity contribution in [2.75, 3.05) is 13.1 Å². The smallest absolute Gasteiger partial charge is 0.250 e. The number of aromatic nitrogens is 1. The van der Waals surface area contributed by atoms with Gasteiger partial charge in [0.2, 0.25) is 0 Å². The highest BCUT2D eigenvalue weighted by atomic mass is 35.5. The van der Waals surface area contributed by atoms with E-state index in [2.05, 4.69) is 5.32 Å². The number of halogens is 1. The summed E-state index contributed by atoms with van der Waals surface area (Å²) in [6.07, 6.45) is 2.71. The third-order valence-electron chi connectivity index (χ3n) is 2.33. The first-order chi connectivity index (χ1) is 6.27. The maximum atomic E-state index is 11.4. The summed E-state index contributed by atoms with van der Waals surface area (Å²) < 4.78 is 1.71. The molecule has 1 aromatic rings. The summed E-state index contributed by atoms with van der Waals surface area (Å²) in [4.78, 5) is 11.4. The molecule has 70 valence electrons.